The molecule has 0 aliphatic carbocycles. The lowest BCUT2D eigenvalue weighted by molar-refractivity contribution is -0.145. The van der Waals surface area contributed by atoms with Gasteiger partial charge in [-0.15, -0.1) is 0 Å². The Morgan fingerprint density at radius 3 is 2.11 bits per heavy atom. The summed E-state index contributed by atoms with van der Waals surface area (Å²) >= 11 is 0. The van der Waals surface area contributed by atoms with Crippen molar-refractivity contribution in [1.82, 2.24) is 0 Å². The second kappa shape index (κ2) is 5.57. The molecule has 0 amide bonds. The quantitative estimate of drug-likeness (QED) is 0.910. The number of aliphatic carboxylic acids is 1. The number of hydrogen-bond acceptors (Lipinski definition) is 2. The van der Waals surface area contributed by atoms with Crippen LogP contribution in [0.25, 0.3) is 0 Å². The lowest BCUT2D eigenvalue weighted by atomic mass is 10.1. The molecule has 1 atom stereocenters. The number of rotatable bonds is 4. The minimum atomic E-state index is -0.992. The lowest BCUT2D eigenvalue weighted by Crippen LogP contribution is -2.19. The Kier molecular flexibility index (Phi) is 3.85. The number of para-hydroxylation sites is 1. The highest BCUT2D eigenvalue weighted by Crippen LogP contribution is 2.28. The van der Waals surface area contributed by atoms with Gasteiger partial charge in [-0.25, -0.2) is 4.79 Å². The van der Waals surface area contributed by atoms with Gasteiger partial charge in [-0.05, 0) is 25.0 Å². The molecule has 0 aromatic heterocycles. The average Bonchev–Trinajstić information content (AvgIpc) is 2.39. The van der Waals surface area contributed by atoms with E-state index in [0.717, 1.165) is 11.1 Å². The second-order valence-electron chi connectivity index (χ2n) is 4.47. The van der Waals surface area contributed by atoms with Gasteiger partial charge in [0.15, 0.2) is 0 Å². The summed E-state index contributed by atoms with van der Waals surface area (Å²) in [6.45, 7) is 3.82. The van der Waals surface area contributed by atoms with Crippen molar-refractivity contribution in [2.24, 2.45) is 0 Å². The first-order chi connectivity index (χ1) is 9.09. The number of aryl methyl sites for hydroxylation is 2. The Labute approximate surface area is 112 Å². The topological polar surface area (TPSA) is 46.5 Å². The summed E-state index contributed by atoms with van der Waals surface area (Å²) in [5.74, 6) is -0.354. The average molecular weight is 256 g/mol. The third-order valence-corrected chi connectivity index (χ3v) is 2.97. The predicted octanol–water partition coefficient (Wildman–Crippen LogP) is 3.51. The van der Waals surface area contributed by atoms with Crippen LogP contribution in [0.2, 0.25) is 0 Å². The molecular formula is C16H16O3. The SMILES string of the molecule is Cc1cccc(C)c1OC(C(=O)O)c1ccccc1. The van der Waals surface area contributed by atoms with E-state index in [1.54, 1.807) is 24.3 Å². The molecular weight excluding hydrogens is 240 g/mol. The molecule has 0 bridgehead atoms. The van der Waals surface area contributed by atoms with E-state index in [2.05, 4.69) is 0 Å². The van der Waals surface area contributed by atoms with E-state index in [9.17, 15) is 9.90 Å². The van der Waals surface area contributed by atoms with Crippen LogP contribution in [-0.4, -0.2) is 11.1 Å². The molecule has 0 aliphatic heterocycles. The molecule has 0 fully saturated rings. The van der Waals surface area contributed by atoms with Crippen LogP contribution in [0.1, 0.15) is 22.8 Å². The Balaban J connectivity index is 2.35. The van der Waals surface area contributed by atoms with Gasteiger partial charge < -0.3 is 9.84 Å². The van der Waals surface area contributed by atoms with Gasteiger partial charge in [-0.3, -0.25) is 0 Å². The zero-order chi connectivity index (χ0) is 13.8. The first-order valence-corrected chi connectivity index (χ1v) is 6.10. The number of carboxylic acid groups (broad SMARTS) is 1. The van der Waals surface area contributed by atoms with E-state index < -0.39 is 12.1 Å². The van der Waals surface area contributed by atoms with Crippen LogP contribution in [0.3, 0.4) is 0 Å². The summed E-state index contributed by atoms with van der Waals surface area (Å²) in [6, 6.07) is 14.7. The molecule has 2 aromatic rings. The Morgan fingerprint density at radius 1 is 1.00 bits per heavy atom. The van der Waals surface area contributed by atoms with Crippen LogP contribution < -0.4 is 4.74 Å². The van der Waals surface area contributed by atoms with Crippen LogP contribution in [0.4, 0.5) is 0 Å². The molecule has 19 heavy (non-hydrogen) atoms. The van der Waals surface area contributed by atoms with E-state index in [1.165, 1.54) is 0 Å². The van der Waals surface area contributed by atoms with Crippen molar-refractivity contribution in [1.29, 1.82) is 0 Å². The molecule has 98 valence electrons. The lowest BCUT2D eigenvalue weighted by Gasteiger charge is -2.18. The highest BCUT2D eigenvalue weighted by atomic mass is 16.5. The third-order valence-electron chi connectivity index (χ3n) is 2.97. The molecule has 0 saturated carbocycles. The largest absolute Gasteiger partial charge is 0.478 e. The molecule has 0 saturated heterocycles. The van der Waals surface area contributed by atoms with Gasteiger partial charge in [-0.2, -0.15) is 0 Å². The third kappa shape index (κ3) is 2.94. The van der Waals surface area contributed by atoms with E-state index in [4.69, 9.17) is 4.74 Å². The van der Waals surface area contributed by atoms with E-state index in [1.807, 2.05) is 38.1 Å². The standard InChI is InChI=1S/C16H16O3/c1-11-7-6-8-12(2)14(11)19-15(16(17)18)13-9-4-3-5-10-13/h3-10,15H,1-2H3,(H,17,18). The van der Waals surface area contributed by atoms with Gasteiger partial charge in [-0.1, -0.05) is 48.5 Å². The molecule has 1 unspecified atom stereocenters. The number of ether oxygens (including phenoxy) is 1. The van der Waals surface area contributed by atoms with E-state index in [-0.39, 0.29) is 0 Å². The maximum absolute atomic E-state index is 11.4. The maximum Gasteiger partial charge on any atom is 0.349 e. The van der Waals surface area contributed by atoms with Crippen molar-refractivity contribution in [2.75, 3.05) is 0 Å². The van der Waals surface area contributed by atoms with Crippen molar-refractivity contribution in [3.05, 3.63) is 65.2 Å². The number of carbonyl (C=O) groups is 1. The van der Waals surface area contributed by atoms with Crippen LogP contribution in [-0.2, 0) is 4.79 Å². The summed E-state index contributed by atoms with van der Waals surface area (Å²) in [7, 11) is 0. The van der Waals surface area contributed by atoms with Gasteiger partial charge in [0.2, 0.25) is 6.10 Å². The normalized spacial score (nSPS) is 11.9. The van der Waals surface area contributed by atoms with Crippen LogP contribution in [0.15, 0.2) is 48.5 Å². The van der Waals surface area contributed by atoms with Gasteiger partial charge >= 0.3 is 5.97 Å². The Morgan fingerprint density at radius 2 is 1.58 bits per heavy atom. The van der Waals surface area contributed by atoms with Gasteiger partial charge in [0.1, 0.15) is 5.75 Å². The number of carboxylic acids is 1. The predicted molar refractivity (Wildman–Crippen MR) is 73.4 cm³/mol. The zero-order valence-corrected chi connectivity index (χ0v) is 11.0. The fourth-order valence-electron chi connectivity index (χ4n) is 1.99. The second-order valence-corrected chi connectivity index (χ2v) is 4.47. The smallest absolute Gasteiger partial charge is 0.349 e. The van der Waals surface area contributed by atoms with Crippen molar-refractivity contribution in [3.63, 3.8) is 0 Å². The highest BCUT2D eigenvalue weighted by Gasteiger charge is 2.22. The van der Waals surface area contributed by atoms with Gasteiger partial charge in [0.25, 0.3) is 0 Å². The summed E-state index contributed by atoms with van der Waals surface area (Å²) < 4.78 is 5.72. The van der Waals surface area contributed by atoms with Crippen molar-refractivity contribution >= 4 is 5.97 Å². The minimum Gasteiger partial charge on any atom is -0.478 e. The monoisotopic (exact) mass is 256 g/mol. The first kappa shape index (κ1) is 13.1. The molecule has 2 rings (SSSR count). The summed E-state index contributed by atoms with van der Waals surface area (Å²) in [5.41, 5.74) is 2.50. The van der Waals surface area contributed by atoms with E-state index in [0.29, 0.717) is 11.3 Å². The molecule has 2 aromatic carbocycles. The molecule has 0 aliphatic rings. The molecule has 3 nitrogen and oxygen atoms in total. The fourth-order valence-corrected chi connectivity index (χ4v) is 1.99. The van der Waals surface area contributed by atoms with Crippen LogP contribution in [0, 0.1) is 13.8 Å². The molecule has 1 N–H and O–H groups in total. The van der Waals surface area contributed by atoms with Crippen LogP contribution in [0.5, 0.6) is 5.75 Å². The maximum atomic E-state index is 11.4. The number of benzene rings is 2. The van der Waals surface area contributed by atoms with Gasteiger partial charge in [0.05, 0.1) is 0 Å². The van der Waals surface area contributed by atoms with Crippen LogP contribution >= 0.6 is 0 Å². The number of hydrogen-bond donors (Lipinski definition) is 1. The zero-order valence-electron chi connectivity index (χ0n) is 11.0. The summed E-state index contributed by atoms with van der Waals surface area (Å²) in [6.07, 6.45) is -0.985. The van der Waals surface area contributed by atoms with Crippen molar-refractivity contribution in [3.8, 4) is 5.75 Å². The summed E-state index contributed by atoms with van der Waals surface area (Å²) in [4.78, 5) is 11.4. The first-order valence-electron chi connectivity index (χ1n) is 6.10. The fraction of sp³-hybridized carbons (Fsp3) is 0.188. The molecule has 0 radical (unpaired) electrons. The molecule has 3 heteroatoms. The molecule has 0 heterocycles. The van der Waals surface area contributed by atoms with Crippen molar-refractivity contribution in [2.45, 2.75) is 20.0 Å². The minimum absolute atomic E-state index is 0.637. The van der Waals surface area contributed by atoms with E-state index >= 15 is 0 Å². The Hall–Kier alpha value is -2.29. The van der Waals surface area contributed by atoms with Crippen molar-refractivity contribution < 1.29 is 14.6 Å². The Bertz CT molecular complexity index is 556. The van der Waals surface area contributed by atoms with Gasteiger partial charge in [0, 0.05) is 5.56 Å². The molecule has 0 spiro atoms. The highest BCUT2D eigenvalue weighted by molar-refractivity contribution is 5.75. The summed E-state index contributed by atoms with van der Waals surface area (Å²) in [5, 5.41) is 9.34.